The first kappa shape index (κ1) is 14.3. The van der Waals surface area contributed by atoms with Crippen LogP contribution in [0.4, 0.5) is 0 Å². The minimum atomic E-state index is 0.204. The van der Waals surface area contributed by atoms with Gasteiger partial charge in [0.1, 0.15) is 0 Å². The molecule has 108 valence electrons. The van der Waals surface area contributed by atoms with Crippen LogP contribution in [-0.4, -0.2) is 35.4 Å². The Bertz CT molecular complexity index is 460. The molecule has 2 aliphatic heterocycles. The maximum absolute atomic E-state index is 12.5. The van der Waals surface area contributed by atoms with Crippen molar-refractivity contribution in [1.29, 1.82) is 0 Å². The van der Waals surface area contributed by atoms with Gasteiger partial charge in [0.05, 0.1) is 4.58 Å². The summed E-state index contributed by atoms with van der Waals surface area (Å²) in [5, 5.41) is 0. The van der Waals surface area contributed by atoms with Gasteiger partial charge in [0, 0.05) is 30.2 Å². The van der Waals surface area contributed by atoms with E-state index in [-0.39, 0.29) is 5.91 Å². The molecule has 0 N–H and O–H groups in total. The van der Waals surface area contributed by atoms with E-state index in [9.17, 15) is 4.79 Å². The van der Waals surface area contributed by atoms with E-state index in [1.165, 1.54) is 17.1 Å². The predicted octanol–water partition coefficient (Wildman–Crippen LogP) is 4.04. The van der Waals surface area contributed by atoms with Crippen LogP contribution in [-0.2, 0) is 0 Å². The maximum Gasteiger partial charge on any atom is 0.253 e. The molecule has 0 unspecified atom stereocenters. The van der Waals surface area contributed by atoms with Crippen LogP contribution < -0.4 is 0 Å². The monoisotopic (exact) mass is 307 g/mol. The number of hydrogen-bond donors (Lipinski definition) is 0. The van der Waals surface area contributed by atoms with E-state index in [4.69, 9.17) is 0 Å². The van der Waals surface area contributed by atoms with Crippen LogP contribution in [0.2, 0.25) is 0 Å². The summed E-state index contributed by atoms with van der Waals surface area (Å²) in [6.07, 6.45) is 2.28. The fourth-order valence-corrected chi connectivity index (χ4v) is 5.59. The number of nitrogens with zero attached hydrogens (tertiary/aromatic N) is 1. The highest BCUT2D eigenvalue weighted by Crippen LogP contribution is 2.45. The van der Waals surface area contributed by atoms with Crippen LogP contribution in [0.15, 0.2) is 24.3 Å². The van der Waals surface area contributed by atoms with Crippen molar-refractivity contribution >= 4 is 29.4 Å². The van der Waals surface area contributed by atoms with Crippen LogP contribution in [0, 0.1) is 5.92 Å². The molecule has 0 saturated carbocycles. The Kier molecular flexibility index (Phi) is 4.61. The van der Waals surface area contributed by atoms with Gasteiger partial charge in [0.2, 0.25) is 0 Å². The largest absolute Gasteiger partial charge is 0.339 e. The van der Waals surface area contributed by atoms with Gasteiger partial charge in [0.15, 0.2) is 0 Å². The number of likely N-dealkylation sites (tertiary alicyclic amines) is 1. The lowest BCUT2D eigenvalue weighted by atomic mass is 9.98. The van der Waals surface area contributed by atoms with Crippen LogP contribution >= 0.6 is 23.5 Å². The van der Waals surface area contributed by atoms with Gasteiger partial charge in [-0.15, -0.1) is 23.5 Å². The van der Waals surface area contributed by atoms with E-state index < -0.39 is 0 Å². The van der Waals surface area contributed by atoms with Crippen molar-refractivity contribution in [3.8, 4) is 0 Å². The quantitative estimate of drug-likeness (QED) is 0.822. The molecule has 2 heterocycles. The third kappa shape index (κ3) is 3.17. The number of rotatable bonds is 2. The molecule has 4 heteroatoms. The second-order valence-corrected chi connectivity index (χ2v) is 8.39. The lowest BCUT2D eigenvalue weighted by Gasteiger charge is -2.30. The molecule has 0 aromatic heterocycles. The van der Waals surface area contributed by atoms with Gasteiger partial charge in [-0.1, -0.05) is 19.1 Å². The second-order valence-electron chi connectivity index (χ2n) is 5.67. The molecule has 0 atom stereocenters. The standard InChI is InChI=1S/C16H21NOS2/c1-12-6-8-17(9-7-12)15(18)13-2-4-14(5-3-13)16-19-10-11-20-16/h2-5,12,16H,6-11H2,1H3. The lowest BCUT2D eigenvalue weighted by molar-refractivity contribution is 0.0697. The van der Waals surface area contributed by atoms with E-state index >= 15 is 0 Å². The molecule has 2 saturated heterocycles. The Labute approximate surface area is 129 Å². The first-order valence-corrected chi connectivity index (χ1v) is 9.46. The number of thioether (sulfide) groups is 2. The first-order chi connectivity index (χ1) is 9.74. The molecular weight excluding hydrogens is 286 g/mol. The van der Waals surface area contributed by atoms with Crippen LogP contribution in [0.5, 0.6) is 0 Å². The smallest absolute Gasteiger partial charge is 0.253 e. The summed E-state index contributed by atoms with van der Waals surface area (Å²) in [7, 11) is 0. The van der Waals surface area contributed by atoms with Crippen molar-refractivity contribution in [2.45, 2.75) is 24.3 Å². The summed E-state index contributed by atoms with van der Waals surface area (Å²) < 4.78 is 0.565. The highest BCUT2D eigenvalue weighted by atomic mass is 32.2. The number of hydrogen-bond acceptors (Lipinski definition) is 3. The molecule has 0 radical (unpaired) electrons. The van der Waals surface area contributed by atoms with Crippen molar-refractivity contribution in [2.24, 2.45) is 5.92 Å². The van der Waals surface area contributed by atoms with Crippen LogP contribution in [0.3, 0.4) is 0 Å². The Hall–Kier alpha value is -0.610. The van der Waals surface area contributed by atoms with E-state index in [2.05, 4.69) is 19.1 Å². The van der Waals surface area contributed by atoms with Crippen molar-refractivity contribution in [3.63, 3.8) is 0 Å². The van der Waals surface area contributed by atoms with Gasteiger partial charge < -0.3 is 4.90 Å². The van der Waals surface area contributed by atoms with Crippen molar-refractivity contribution in [2.75, 3.05) is 24.6 Å². The van der Waals surface area contributed by atoms with E-state index in [1.54, 1.807) is 0 Å². The fraction of sp³-hybridized carbons (Fsp3) is 0.562. The molecule has 1 aromatic carbocycles. The van der Waals surface area contributed by atoms with Crippen molar-refractivity contribution in [1.82, 2.24) is 4.90 Å². The number of benzene rings is 1. The summed E-state index contributed by atoms with van der Waals surface area (Å²) in [6, 6.07) is 8.29. The molecule has 20 heavy (non-hydrogen) atoms. The first-order valence-electron chi connectivity index (χ1n) is 7.36. The zero-order valence-electron chi connectivity index (χ0n) is 11.9. The fourth-order valence-electron chi connectivity index (χ4n) is 2.73. The summed E-state index contributed by atoms with van der Waals surface area (Å²) in [6.45, 7) is 4.10. The summed E-state index contributed by atoms with van der Waals surface area (Å²) >= 11 is 4.01. The minimum absolute atomic E-state index is 0.204. The van der Waals surface area contributed by atoms with E-state index in [0.717, 1.165) is 37.4 Å². The zero-order valence-corrected chi connectivity index (χ0v) is 13.5. The highest BCUT2D eigenvalue weighted by molar-refractivity contribution is 8.19. The Morgan fingerprint density at radius 2 is 1.70 bits per heavy atom. The molecule has 2 fully saturated rings. The Morgan fingerprint density at radius 1 is 1.10 bits per heavy atom. The zero-order chi connectivity index (χ0) is 13.9. The minimum Gasteiger partial charge on any atom is -0.339 e. The van der Waals surface area contributed by atoms with Crippen molar-refractivity contribution < 1.29 is 4.79 Å². The third-order valence-electron chi connectivity index (χ3n) is 4.12. The Morgan fingerprint density at radius 3 is 2.30 bits per heavy atom. The van der Waals surface area contributed by atoms with Crippen LogP contribution in [0.25, 0.3) is 0 Å². The lowest BCUT2D eigenvalue weighted by Crippen LogP contribution is -2.37. The Balaban J connectivity index is 1.66. The van der Waals surface area contributed by atoms with E-state index in [1.807, 2.05) is 40.6 Å². The molecule has 2 nitrogen and oxygen atoms in total. The van der Waals surface area contributed by atoms with Gasteiger partial charge in [-0.3, -0.25) is 4.79 Å². The third-order valence-corrected chi connectivity index (χ3v) is 7.23. The number of carbonyl (C=O) groups excluding carboxylic acids is 1. The molecule has 2 aliphatic rings. The normalized spacial score (nSPS) is 21.4. The molecular formula is C16H21NOS2. The van der Waals surface area contributed by atoms with Gasteiger partial charge in [0.25, 0.3) is 5.91 Å². The topological polar surface area (TPSA) is 20.3 Å². The molecule has 0 spiro atoms. The van der Waals surface area contributed by atoms with Crippen LogP contribution in [0.1, 0.15) is 40.3 Å². The number of amides is 1. The SMILES string of the molecule is CC1CCN(C(=O)c2ccc(C3SCCS3)cc2)CC1. The van der Waals surface area contributed by atoms with Gasteiger partial charge in [-0.2, -0.15) is 0 Å². The van der Waals surface area contributed by atoms with Gasteiger partial charge in [-0.05, 0) is 36.5 Å². The van der Waals surface area contributed by atoms with Gasteiger partial charge >= 0.3 is 0 Å². The summed E-state index contributed by atoms with van der Waals surface area (Å²) in [5.74, 6) is 3.44. The number of carbonyl (C=O) groups is 1. The molecule has 1 aromatic rings. The maximum atomic E-state index is 12.5. The second kappa shape index (κ2) is 6.44. The average Bonchev–Trinajstić information content (AvgIpc) is 3.02. The van der Waals surface area contributed by atoms with Gasteiger partial charge in [-0.25, -0.2) is 0 Å². The summed E-state index contributed by atoms with van der Waals surface area (Å²) in [5.41, 5.74) is 2.19. The average molecular weight is 307 g/mol. The van der Waals surface area contributed by atoms with Crippen molar-refractivity contribution in [3.05, 3.63) is 35.4 Å². The van der Waals surface area contributed by atoms with E-state index in [0.29, 0.717) is 4.58 Å². The molecule has 0 aliphatic carbocycles. The highest BCUT2D eigenvalue weighted by Gasteiger charge is 2.22. The predicted molar refractivity (Wildman–Crippen MR) is 88.4 cm³/mol. The summed E-state index contributed by atoms with van der Waals surface area (Å²) in [4.78, 5) is 14.5. The molecule has 3 rings (SSSR count). The number of piperidine rings is 1. The molecule has 0 bridgehead atoms. The molecule has 1 amide bonds.